The Labute approximate surface area is 124 Å². The van der Waals surface area contributed by atoms with Crippen LogP contribution in [-0.4, -0.2) is 14.1 Å². The molecule has 0 aliphatic rings. The molecule has 0 spiro atoms. The molecule has 0 aliphatic carbocycles. The number of hydrogen-bond donors (Lipinski definition) is 1. The van der Waals surface area contributed by atoms with Crippen LogP contribution in [0.2, 0.25) is 0 Å². The van der Waals surface area contributed by atoms with Crippen LogP contribution in [-0.2, 0) is 6.54 Å². The van der Waals surface area contributed by atoms with Crippen molar-refractivity contribution in [2.45, 2.75) is 19.5 Å². The average Bonchev–Trinajstić information content (AvgIpc) is 2.48. The van der Waals surface area contributed by atoms with Gasteiger partial charge in [0.15, 0.2) is 0 Å². The first-order valence-electron chi connectivity index (χ1n) is 6.93. The number of nitrogens with zero attached hydrogens (tertiary/aromatic N) is 1. The van der Waals surface area contributed by atoms with E-state index in [4.69, 9.17) is 0 Å². The molecule has 0 aromatic heterocycles. The second kappa shape index (κ2) is 6.68. The van der Waals surface area contributed by atoms with E-state index in [1.807, 2.05) is 32.0 Å². The van der Waals surface area contributed by atoms with Gasteiger partial charge in [-0.2, -0.15) is 0 Å². The van der Waals surface area contributed by atoms with Crippen molar-refractivity contribution in [3.63, 3.8) is 0 Å². The molecule has 2 aromatic rings. The molecule has 0 saturated carbocycles. The summed E-state index contributed by atoms with van der Waals surface area (Å²) in [6.45, 7) is 2.51. The molecule has 112 valence electrons. The van der Waals surface area contributed by atoms with Crippen molar-refractivity contribution >= 4 is 5.69 Å². The van der Waals surface area contributed by atoms with E-state index in [-0.39, 0.29) is 17.7 Å². The van der Waals surface area contributed by atoms with E-state index in [1.54, 1.807) is 24.3 Å². The molecule has 4 heteroatoms. The van der Waals surface area contributed by atoms with Gasteiger partial charge in [0.25, 0.3) is 0 Å². The Morgan fingerprint density at radius 3 is 2.33 bits per heavy atom. The second-order valence-electron chi connectivity index (χ2n) is 5.20. The zero-order valence-corrected chi connectivity index (χ0v) is 12.5. The first kappa shape index (κ1) is 15.4. The molecule has 0 fully saturated rings. The lowest BCUT2D eigenvalue weighted by Gasteiger charge is -2.21. The first-order chi connectivity index (χ1) is 10.0. The fraction of sp³-hybridized carbons (Fsp3) is 0.294. The molecule has 0 heterocycles. The van der Waals surface area contributed by atoms with Gasteiger partial charge in [0.2, 0.25) is 0 Å². The van der Waals surface area contributed by atoms with Gasteiger partial charge in [-0.1, -0.05) is 18.2 Å². The van der Waals surface area contributed by atoms with Crippen LogP contribution in [0, 0.1) is 11.6 Å². The van der Waals surface area contributed by atoms with Crippen molar-refractivity contribution in [1.82, 2.24) is 5.32 Å². The van der Waals surface area contributed by atoms with Gasteiger partial charge in [0.1, 0.15) is 11.6 Å². The minimum absolute atomic E-state index is 0.107. The van der Waals surface area contributed by atoms with Crippen molar-refractivity contribution in [2.75, 3.05) is 19.0 Å². The molecular formula is C17H20F2N2. The summed E-state index contributed by atoms with van der Waals surface area (Å²) >= 11 is 0. The maximum absolute atomic E-state index is 14.2. The van der Waals surface area contributed by atoms with Crippen molar-refractivity contribution in [2.24, 2.45) is 0 Å². The smallest absolute Gasteiger partial charge is 0.146 e. The molecule has 21 heavy (non-hydrogen) atoms. The van der Waals surface area contributed by atoms with Crippen molar-refractivity contribution in [3.8, 4) is 0 Å². The third kappa shape index (κ3) is 3.79. The van der Waals surface area contributed by atoms with Gasteiger partial charge in [0, 0.05) is 19.6 Å². The Morgan fingerprint density at radius 2 is 1.76 bits per heavy atom. The Hall–Kier alpha value is -1.94. The summed E-state index contributed by atoms with van der Waals surface area (Å²) in [6, 6.07) is 11.6. The van der Waals surface area contributed by atoms with Crippen LogP contribution in [0.4, 0.5) is 14.5 Å². The molecule has 0 bridgehead atoms. The van der Waals surface area contributed by atoms with Gasteiger partial charge in [-0.3, -0.25) is 0 Å². The van der Waals surface area contributed by atoms with Gasteiger partial charge in [-0.25, -0.2) is 8.78 Å². The highest BCUT2D eigenvalue weighted by molar-refractivity contribution is 5.49. The SMILES string of the molecule is CNC(C)c1ccc(N(C)Cc2ccc(F)cc2)c(F)c1. The molecule has 1 N–H and O–H groups in total. The molecule has 2 rings (SSSR count). The van der Waals surface area contributed by atoms with Gasteiger partial charge >= 0.3 is 0 Å². The molecule has 1 atom stereocenters. The highest BCUT2D eigenvalue weighted by Crippen LogP contribution is 2.23. The summed E-state index contributed by atoms with van der Waals surface area (Å²) in [6.07, 6.45) is 0. The predicted molar refractivity (Wildman–Crippen MR) is 82.4 cm³/mol. The summed E-state index contributed by atoms with van der Waals surface area (Å²) < 4.78 is 27.1. The first-order valence-corrected chi connectivity index (χ1v) is 6.93. The van der Waals surface area contributed by atoms with E-state index in [9.17, 15) is 8.78 Å². The maximum Gasteiger partial charge on any atom is 0.146 e. The van der Waals surface area contributed by atoms with Crippen LogP contribution < -0.4 is 10.2 Å². The minimum atomic E-state index is -0.266. The zero-order chi connectivity index (χ0) is 15.4. The van der Waals surface area contributed by atoms with E-state index in [0.717, 1.165) is 11.1 Å². The van der Waals surface area contributed by atoms with Crippen LogP contribution >= 0.6 is 0 Å². The monoisotopic (exact) mass is 290 g/mol. The van der Waals surface area contributed by atoms with Crippen LogP contribution in [0.15, 0.2) is 42.5 Å². The summed E-state index contributed by atoms with van der Waals surface area (Å²) in [5.74, 6) is -0.516. The van der Waals surface area contributed by atoms with E-state index in [0.29, 0.717) is 12.2 Å². The largest absolute Gasteiger partial charge is 0.368 e. The van der Waals surface area contributed by atoms with Crippen molar-refractivity contribution in [1.29, 1.82) is 0 Å². The molecule has 1 unspecified atom stereocenters. The number of anilines is 1. The topological polar surface area (TPSA) is 15.3 Å². The Morgan fingerprint density at radius 1 is 1.10 bits per heavy atom. The Bertz CT molecular complexity index is 596. The quantitative estimate of drug-likeness (QED) is 0.899. The predicted octanol–water partition coefficient (Wildman–Crippen LogP) is 3.88. The summed E-state index contributed by atoms with van der Waals surface area (Å²) in [4.78, 5) is 1.82. The Kier molecular flexibility index (Phi) is 4.91. The van der Waals surface area contributed by atoms with Crippen molar-refractivity contribution < 1.29 is 8.78 Å². The molecule has 0 radical (unpaired) electrons. The molecule has 2 aromatic carbocycles. The molecule has 2 nitrogen and oxygen atoms in total. The van der Waals surface area contributed by atoms with E-state index in [1.165, 1.54) is 12.1 Å². The summed E-state index contributed by atoms with van der Waals surface area (Å²) in [5.41, 5.74) is 2.38. The molecule has 0 saturated heterocycles. The lowest BCUT2D eigenvalue weighted by Crippen LogP contribution is -2.18. The van der Waals surface area contributed by atoms with Gasteiger partial charge < -0.3 is 10.2 Å². The average molecular weight is 290 g/mol. The molecular weight excluding hydrogens is 270 g/mol. The Balaban J connectivity index is 2.15. The number of benzene rings is 2. The fourth-order valence-corrected chi connectivity index (χ4v) is 2.22. The normalized spacial score (nSPS) is 12.2. The lowest BCUT2D eigenvalue weighted by molar-refractivity contribution is 0.604. The van der Waals surface area contributed by atoms with E-state index < -0.39 is 0 Å². The summed E-state index contributed by atoms with van der Waals surface area (Å²) in [7, 11) is 3.67. The number of nitrogens with one attached hydrogen (secondary N) is 1. The van der Waals surface area contributed by atoms with Gasteiger partial charge in [0.05, 0.1) is 5.69 Å². The number of hydrogen-bond acceptors (Lipinski definition) is 2. The van der Waals surface area contributed by atoms with Crippen LogP contribution in [0.25, 0.3) is 0 Å². The molecule has 0 amide bonds. The van der Waals surface area contributed by atoms with Gasteiger partial charge in [-0.15, -0.1) is 0 Å². The van der Waals surface area contributed by atoms with Gasteiger partial charge in [-0.05, 0) is 49.4 Å². The minimum Gasteiger partial charge on any atom is -0.368 e. The van der Waals surface area contributed by atoms with E-state index in [2.05, 4.69) is 5.32 Å². The highest BCUT2D eigenvalue weighted by Gasteiger charge is 2.11. The third-order valence-electron chi connectivity index (χ3n) is 3.65. The lowest BCUT2D eigenvalue weighted by atomic mass is 10.1. The summed E-state index contributed by atoms with van der Waals surface area (Å²) in [5, 5.41) is 3.09. The van der Waals surface area contributed by atoms with Crippen LogP contribution in [0.3, 0.4) is 0 Å². The zero-order valence-electron chi connectivity index (χ0n) is 12.5. The standard InChI is InChI=1S/C17H20F2N2/c1-12(20-2)14-6-9-17(16(19)10-14)21(3)11-13-4-7-15(18)8-5-13/h4-10,12,20H,11H2,1-3H3. The number of rotatable bonds is 5. The third-order valence-corrected chi connectivity index (χ3v) is 3.65. The van der Waals surface area contributed by atoms with Crippen molar-refractivity contribution in [3.05, 3.63) is 65.2 Å². The second-order valence-corrected chi connectivity index (χ2v) is 5.20. The number of halogens is 2. The maximum atomic E-state index is 14.2. The van der Waals surface area contributed by atoms with Crippen LogP contribution in [0.5, 0.6) is 0 Å². The molecule has 0 aliphatic heterocycles. The highest BCUT2D eigenvalue weighted by atomic mass is 19.1. The van der Waals surface area contributed by atoms with Crippen LogP contribution in [0.1, 0.15) is 24.1 Å². The fourth-order valence-electron chi connectivity index (χ4n) is 2.22. The van der Waals surface area contributed by atoms with E-state index >= 15 is 0 Å².